The molecule has 1 heterocycles. The van der Waals surface area contributed by atoms with Gasteiger partial charge in [-0.25, -0.2) is 0 Å². The number of hydrogen-bond acceptors (Lipinski definition) is 1. The Morgan fingerprint density at radius 2 is 1.90 bits per heavy atom. The van der Waals surface area contributed by atoms with Gasteiger partial charge in [-0.1, -0.05) is 42.8 Å². The highest BCUT2D eigenvalue weighted by Crippen LogP contribution is 2.28. The lowest BCUT2D eigenvalue weighted by Crippen LogP contribution is -1.99. The zero-order valence-electron chi connectivity index (χ0n) is 12.1. The van der Waals surface area contributed by atoms with E-state index >= 15 is 0 Å². The summed E-state index contributed by atoms with van der Waals surface area (Å²) in [4.78, 5) is 0. The fourth-order valence-electron chi connectivity index (χ4n) is 2.48. The van der Waals surface area contributed by atoms with Crippen LogP contribution < -0.4 is 4.74 Å². The van der Waals surface area contributed by atoms with Crippen molar-refractivity contribution in [2.75, 3.05) is 6.61 Å². The molecule has 0 spiro atoms. The second-order valence-corrected chi connectivity index (χ2v) is 5.48. The molecule has 0 bridgehead atoms. The van der Waals surface area contributed by atoms with Crippen molar-refractivity contribution < 1.29 is 4.74 Å². The van der Waals surface area contributed by atoms with E-state index in [0.717, 1.165) is 41.3 Å². The highest BCUT2D eigenvalue weighted by molar-refractivity contribution is 6.31. The van der Waals surface area contributed by atoms with Gasteiger partial charge in [0, 0.05) is 23.2 Å². The van der Waals surface area contributed by atoms with Gasteiger partial charge in [0.2, 0.25) is 0 Å². The van der Waals surface area contributed by atoms with Gasteiger partial charge in [-0.3, -0.25) is 0 Å². The summed E-state index contributed by atoms with van der Waals surface area (Å²) >= 11 is 6.25. The van der Waals surface area contributed by atoms with Crippen molar-refractivity contribution in [2.45, 2.75) is 19.9 Å². The summed E-state index contributed by atoms with van der Waals surface area (Å²) in [6.45, 7) is 3.62. The molecule has 21 heavy (non-hydrogen) atoms. The van der Waals surface area contributed by atoms with Crippen molar-refractivity contribution in [3.05, 3.63) is 65.3 Å². The first kappa shape index (κ1) is 14.0. The van der Waals surface area contributed by atoms with Crippen LogP contribution >= 0.6 is 11.6 Å². The third-order valence-corrected chi connectivity index (χ3v) is 3.90. The van der Waals surface area contributed by atoms with Gasteiger partial charge >= 0.3 is 0 Å². The molecule has 3 rings (SSSR count). The SMILES string of the molecule is CCCOc1cccc2c1ccn2Cc1ccccc1Cl. The molecule has 0 fully saturated rings. The van der Waals surface area contributed by atoms with E-state index in [2.05, 4.69) is 35.9 Å². The molecule has 108 valence electrons. The van der Waals surface area contributed by atoms with Crippen LogP contribution in [0.1, 0.15) is 18.9 Å². The van der Waals surface area contributed by atoms with E-state index in [4.69, 9.17) is 16.3 Å². The smallest absolute Gasteiger partial charge is 0.128 e. The summed E-state index contributed by atoms with van der Waals surface area (Å²) in [5, 5.41) is 1.95. The van der Waals surface area contributed by atoms with E-state index in [1.54, 1.807) is 0 Å². The molecular weight excluding hydrogens is 282 g/mol. The van der Waals surface area contributed by atoms with E-state index in [1.165, 1.54) is 5.52 Å². The zero-order valence-corrected chi connectivity index (χ0v) is 12.8. The van der Waals surface area contributed by atoms with Crippen molar-refractivity contribution in [1.82, 2.24) is 4.57 Å². The van der Waals surface area contributed by atoms with Gasteiger partial charge in [0.1, 0.15) is 5.75 Å². The molecule has 0 saturated heterocycles. The van der Waals surface area contributed by atoms with Crippen LogP contribution in [0.4, 0.5) is 0 Å². The maximum absolute atomic E-state index is 6.25. The van der Waals surface area contributed by atoms with Crippen molar-refractivity contribution in [1.29, 1.82) is 0 Å². The number of halogens is 1. The van der Waals surface area contributed by atoms with Crippen LogP contribution in [-0.2, 0) is 6.54 Å². The predicted octanol–water partition coefficient (Wildman–Crippen LogP) is 5.13. The average Bonchev–Trinajstić information content (AvgIpc) is 2.91. The first-order valence-corrected chi connectivity index (χ1v) is 7.61. The third kappa shape index (κ3) is 2.91. The second kappa shape index (κ2) is 6.23. The number of nitrogens with zero attached hydrogens (tertiary/aromatic N) is 1. The molecule has 1 aromatic heterocycles. The molecule has 2 nitrogen and oxygen atoms in total. The Labute approximate surface area is 129 Å². The van der Waals surface area contributed by atoms with Gasteiger partial charge in [-0.05, 0) is 36.2 Å². The first-order chi connectivity index (χ1) is 10.3. The second-order valence-electron chi connectivity index (χ2n) is 5.07. The number of ether oxygens (including phenoxy) is 1. The van der Waals surface area contributed by atoms with Crippen molar-refractivity contribution >= 4 is 22.5 Å². The van der Waals surface area contributed by atoms with Gasteiger partial charge < -0.3 is 9.30 Å². The van der Waals surface area contributed by atoms with Crippen LogP contribution in [0.25, 0.3) is 10.9 Å². The molecule has 0 unspecified atom stereocenters. The Hall–Kier alpha value is -1.93. The Bertz CT molecular complexity index is 748. The minimum atomic E-state index is 0.745. The minimum Gasteiger partial charge on any atom is -0.493 e. The molecule has 0 N–H and O–H groups in total. The highest BCUT2D eigenvalue weighted by Gasteiger charge is 2.08. The van der Waals surface area contributed by atoms with Gasteiger partial charge in [0.15, 0.2) is 0 Å². The Balaban J connectivity index is 1.95. The lowest BCUT2D eigenvalue weighted by atomic mass is 10.2. The van der Waals surface area contributed by atoms with Crippen LogP contribution in [0.15, 0.2) is 54.7 Å². The van der Waals surface area contributed by atoms with E-state index < -0.39 is 0 Å². The monoisotopic (exact) mass is 299 g/mol. The van der Waals surface area contributed by atoms with Gasteiger partial charge in [0.05, 0.1) is 12.1 Å². The van der Waals surface area contributed by atoms with Gasteiger partial charge in [-0.2, -0.15) is 0 Å². The van der Waals surface area contributed by atoms with E-state index in [-0.39, 0.29) is 0 Å². The van der Waals surface area contributed by atoms with Crippen LogP contribution in [0.2, 0.25) is 5.02 Å². The summed E-state index contributed by atoms with van der Waals surface area (Å²) in [6, 6.07) is 16.2. The minimum absolute atomic E-state index is 0.745. The molecule has 0 aliphatic heterocycles. The van der Waals surface area contributed by atoms with Crippen molar-refractivity contribution in [2.24, 2.45) is 0 Å². The Morgan fingerprint density at radius 1 is 1.05 bits per heavy atom. The average molecular weight is 300 g/mol. The highest BCUT2D eigenvalue weighted by atomic mass is 35.5. The maximum atomic E-state index is 6.25. The fraction of sp³-hybridized carbons (Fsp3) is 0.222. The standard InChI is InChI=1S/C18H18ClNO/c1-2-12-21-18-9-5-8-17-15(18)10-11-20(17)13-14-6-3-4-7-16(14)19/h3-11H,2,12-13H2,1H3. The number of aromatic nitrogens is 1. The predicted molar refractivity (Wildman–Crippen MR) is 88.3 cm³/mol. The summed E-state index contributed by atoms with van der Waals surface area (Å²) in [7, 11) is 0. The first-order valence-electron chi connectivity index (χ1n) is 7.23. The number of benzene rings is 2. The van der Waals surface area contributed by atoms with Crippen molar-refractivity contribution in [3.63, 3.8) is 0 Å². The fourth-order valence-corrected chi connectivity index (χ4v) is 2.68. The van der Waals surface area contributed by atoms with Crippen LogP contribution in [0.5, 0.6) is 5.75 Å². The van der Waals surface area contributed by atoms with Crippen LogP contribution in [-0.4, -0.2) is 11.2 Å². The van der Waals surface area contributed by atoms with Gasteiger partial charge in [-0.15, -0.1) is 0 Å². The summed E-state index contributed by atoms with van der Waals surface area (Å²) < 4.78 is 8.02. The molecule has 3 heteroatoms. The molecule has 0 radical (unpaired) electrons. The zero-order chi connectivity index (χ0) is 14.7. The molecule has 0 atom stereocenters. The number of fused-ring (bicyclic) bond motifs is 1. The normalized spacial score (nSPS) is 11.0. The van der Waals surface area contributed by atoms with E-state index in [9.17, 15) is 0 Å². The molecular formula is C18H18ClNO. The molecule has 0 aliphatic carbocycles. The molecule has 3 aromatic rings. The Morgan fingerprint density at radius 3 is 2.71 bits per heavy atom. The topological polar surface area (TPSA) is 14.2 Å². The van der Waals surface area contributed by atoms with Crippen LogP contribution in [0.3, 0.4) is 0 Å². The lowest BCUT2D eigenvalue weighted by molar-refractivity contribution is 0.321. The number of hydrogen-bond donors (Lipinski definition) is 0. The van der Waals surface area contributed by atoms with E-state index in [0.29, 0.717) is 0 Å². The molecule has 0 aliphatic rings. The molecule has 0 saturated carbocycles. The largest absolute Gasteiger partial charge is 0.493 e. The molecule has 2 aromatic carbocycles. The molecule has 0 amide bonds. The maximum Gasteiger partial charge on any atom is 0.128 e. The van der Waals surface area contributed by atoms with Gasteiger partial charge in [0.25, 0.3) is 0 Å². The summed E-state index contributed by atoms with van der Waals surface area (Å²) in [6.07, 6.45) is 3.10. The third-order valence-electron chi connectivity index (χ3n) is 3.53. The van der Waals surface area contributed by atoms with Crippen LogP contribution in [0, 0.1) is 0 Å². The lowest BCUT2D eigenvalue weighted by Gasteiger charge is -2.09. The number of rotatable bonds is 5. The Kier molecular flexibility index (Phi) is 4.16. The summed E-state index contributed by atoms with van der Waals surface area (Å²) in [5.74, 6) is 0.951. The quantitative estimate of drug-likeness (QED) is 0.637. The van der Waals surface area contributed by atoms with E-state index in [1.807, 2.05) is 30.3 Å². The summed E-state index contributed by atoms with van der Waals surface area (Å²) in [5.41, 5.74) is 2.29. The van der Waals surface area contributed by atoms with Crippen molar-refractivity contribution in [3.8, 4) is 5.75 Å².